The average Bonchev–Trinajstić information content (AvgIpc) is 4.10. The van der Waals surface area contributed by atoms with Gasteiger partial charge in [-0.1, -0.05) is 0 Å². The van der Waals surface area contributed by atoms with Crippen molar-refractivity contribution in [3.63, 3.8) is 0 Å². The van der Waals surface area contributed by atoms with Gasteiger partial charge in [0.05, 0.1) is 0 Å². The van der Waals surface area contributed by atoms with Gasteiger partial charge in [-0.05, 0) is 0 Å². The summed E-state index contributed by atoms with van der Waals surface area (Å²) < 4.78 is 50.0. The van der Waals surface area contributed by atoms with Gasteiger partial charge in [-0.2, -0.15) is 0 Å². The molecule has 0 saturated carbocycles. The number of hydrogen-bond donors (Lipinski definition) is 2. The van der Waals surface area contributed by atoms with E-state index in [-0.39, 0.29) is 17.1 Å². The first-order chi connectivity index (χ1) is 27.6. The standard InChI is InChI=1S/C44H26B4N4O4.Mn/c53-45-29-13-5-1-9-25(29)41-33-17-19-35(49-33)42(26-10-2-6-14-30(26)46-54)37-21-23-39(51-37)44(28-12-4-8-16-32(28)48-56)40-24-22-38(52-40)43(36-20-18-34(41)50-36)27-11-3-7-15-31(27)47-55;/h1-24,49,52H;. The van der Waals surface area contributed by atoms with Crippen LogP contribution in [0.15, 0.2) is 121 Å². The molecule has 0 amide bonds. The summed E-state index contributed by atoms with van der Waals surface area (Å²) in [6.07, 6.45) is 7.64. The second kappa shape index (κ2) is 15.9. The normalized spacial score (nSPS) is 11.2. The van der Waals surface area contributed by atoms with E-state index in [1.54, 1.807) is 24.3 Å². The van der Waals surface area contributed by atoms with E-state index in [1.165, 1.54) is 0 Å². The van der Waals surface area contributed by atoms with E-state index in [4.69, 9.17) is 9.97 Å². The van der Waals surface area contributed by atoms with Gasteiger partial charge in [0, 0.05) is 17.1 Å². The minimum atomic E-state index is 0. The van der Waals surface area contributed by atoms with Crippen LogP contribution in [-0.2, 0) is 35.9 Å². The molecule has 5 heterocycles. The molecule has 0 unspecified atom stereocenters. The quantitative estimate of drug-likeness (QED) is 0.182. The molecule has 8 nitrogen and oxygen atoms in total. The van der Waals surface area contributed by atoms with Crippen molar-refractivity contribution < 1.29 is 35.9 Å². The second-order valence-corrected chi connectivity index (χ2v) is 13.3. The molecule has 0 saturated heterocycles. The summed E-state index contributed by atoms with van der Waals surface area (Å²) in [4.78, 5) is 17.7. The fourth-order valence-electron chi connectivity index (χ4n) is 7.65. The maximum absolute atomic E-state index is 12.5. The topological polar surface area (TPSA) is 126 Å². The van der Waals surface area contributed by atoms with E-state index < -0.39 is 0 Å². The second-order valence-electron chi connectivity index (χ2n) is 13.3. The number of H-pyrrole nitrogens is 2. The van der Waals surface area contributed by atoms with Crippen LogP contribution in [0.5, 0.6) is 0 Å². The summed E-state index contributed by atoms with van der Waals surface area (Å²) >= 11 is 0. The van der Waals surface area contributed by atoms with Crippen molar-refractivity contribution in [2.24, 2.45) is 0 Å². The summed E-state index contributed by atoms with van der Waals surface area (Å²) in [5.41, 5.74) is 12.5. The largest absolute Gasteiger partial charge is 0 e. The maximum atomic E-state index is 12.5. The third kappa shape index (κ3) is 6.65. The molecule has 0 fully saturated rings. The third-order valence-corrected chi connectivity index (χ3v) is 10.2. The zero-order valence-electron chi connectivity index (χ0n) is 30.1. The van der Waals surface area contributed by atoms with E-state index >= 15 is 0 Å². The first kappa shape index (κ1) is 37.4. The molecule has 7 aromatic rings. The first-order valence-corrected chi connectivity index (χ1v) is 17.9. The molecule has 2 aliphatic rings. The Balaban J connectivity index is 0.00000455. The smallest absolute Gasteiger partial charge is 0 e. The van der Waals surface area contributed by atoms with Crippen LogP contribution >= 0.6 is 0 Å². The summed E-state index contributed by atoms with van der Waals surface area (Å²) in [6, 6.07) is 37.2. The van der Waals surface area contributed by atoms with Crippen molar-refractivity contribution in [2.45, 2.75) is 0 Å². The SMILES string of the molecule is O=Bc1ccccc1-c1c2nc(c(-c3ccccc3B=O)c3ccc([nH]3)c(-c3ccccc3B=O)c3nc(c(-c4ccccc4B=O)c4ccc1[nH]4)C=C3)C=C2.[Mn]. The Kier molecular flexibility index (Phi) is 10.4. The van der Waals surface area contributed by atoms with E-state index in [0.717, 1.165) is 28.6 Å². The molecule has 8 bridgehead atoms. The molecular weight excluding hydrogens is 747 g/mol. The molecule has 0 spiro atoms. The van der Waals surface area contributed by atoms with Crippen LogP contribution in [0.25, 0.3) is 90.9 Å². The van der Waals surface area contributed by atoms with E-state index in [9.17, 15) is 18.8 Å². The third-order valence-electron chi connectivity index (χ3n) is 10.2. The molecular formula is C44H26B4MnN4O4. The van der Waals surface area contributed by atoms with E-state index in [0.29, 0.717) is 111 Å². The van der Waals surface area contributed by atoms with Gasteiger partial charge in [0.15, 0.2) is 0 Å². The van der Waals surface area contributed by atoms with Crippen molar-refractivity contribution in [2.75, 3.05) is 0 Å². The minimum Gasteiger partial charge on any atom is 0 e. The van der Waals surface area contributed by atoms with Gasteiger partial charge >= 0.3 is 324 Å². The van der Waals surface area contributed by atoms with Gasteiger partial charge in [0.2, 0.25) is 0 Å². The Hall–Kier alpha value is -6.54. The Bertz CT molecular complexity index is 2650. The molecule has 4 aromatic carbocycles. The summed E-state index contributed by atoms with van der Waals surface area (Å²) in [5, 5.41) is 0. The number of aromatic nitrogens is 4. The number of hydrogen-bond acceptors (Lipinski definition) is 6. The number of nitrogens with zero attached hydrogens (tertiary/aromatic N) is 2. The Labute approximate surface area is 339 Å². The van der Waals surface area contributed by atoms with Crippen molar-refractivity contribution in [3.8, 4) is 44.5 Å². The van der Waals surface area contributed by atoms with Crippen molar-refractivity contribution in [1.82, 2.24) is 19.9 Å². The molecule has 0 atom stereocenters. The van der Waals surface area contributed by atoms with Gasteiger partial charge < -0.3 is 0 Å². The molecule has 9 rings (SSSR count). The summed E-state index contributed by atoms with van der Waals surface area (Å²) in [7, 11) is 3.32. The predicted octanol–water partition coefficient (Wildman–Crippen LogP) is 6.02. The Morgan fingerprint density at radius 2 is 0.561 bits per heavy atom. The molecule has 3 aromatic heterocycles. The van der Waals surface area contributed by atoms with E-state index in [1.807, 2.05) is 121 Å². The van der Waals surface area contributed by atoms with Gasteiger partial charge in [-0.3, -0.25) is 0 Å². The van der Waals surface area contributed by atoms with Crippen LogP contribution in [0.3, 0.4) is 0 Å². The van der Waals surface area contributed by atoms with Crippen molar-refractivity contribution >= 4 is 96.8 Å². The van der Waals surface area contributed by atoms with Gasteiger partial charge in [0.25, 0.3) is 0 Å². The molecule has 1 radical (unpaired) electrons. The molecule has 2 N–H and O–H groups in total. The fraction of sp³-hybridized carbons (Fsp3) is 0. The number of fused-ring (bicyclic) bond motifs is 8. The van der Waals surface area contributed by atoms with Gasteiger partial charge in [-0.15, -0.1) is 0 Å². The molecule has 265 valence electrons. The number of nitrogens with one attached hydrogen (secondary N) is 2. The molecule has 2 aliphatic heterocycles. The fourth-order valence-corrected chi connectivity index (χ4v) is 7.65. The Morgan fingerprint density at radius 3 is 0.789 bits per heavy atom. The maximum Gasteiger partial charge on any atom is 0 e. The molecule has 0 aliphatic carbocycles. The van der Waals surface area contributed by atoms with Gasteiger partial charge in [-0.25, -0.2) is 0 Å². The van der Waals surface area contributed by atoms with E-state index in [2.05, 4.69) is 9.97 Å². The van der Waals surface area contributed by atoms with Crippen molar-refractivity contribution in [3.05, 3.63) is 144 Å². The molecule has 13 heteroatoms. The minimum absolute atomic E-state index is 0. The van der Waals surface area contributed by atoms with Crippen LogP contribution < -0.4 is 21.9 Å². The zero-order chi connectivity index (χ0) is 38.2. The van der Waals surface area contributed by atoms with Crippen LogP contribution in [0, 0.1) is 0 Å². The first-order valence-electron chi connectivity index (χ1n) is 17.9. The number of aromatic amines is 2. The van der Waals surface area contributed by atoms with Gasteiger partial charge in [0.1, 0.15) is 0 Å². The zero-order valence-corrected chi connectivity index (χ0v) is 31.3. The monoisotopic (exact) mass is 773 g/mol. The van der Waals surface area contributed by atoms with Crippen LogP contribution in [-0.4, -0.2) is 48.5 Å². The average molecular weight is 773 g/mol. The Morgan fingerprint density at radius 1 is 0.333 bits per heavy atom. The van der Waals surface area contributed by atoms with Crippen molar-refractivity contribution in [1.29, 1.82) is 0 Å². The summed E-state index contributed by atoms with van der Waals surface area (Å²) in [5.74, 6) is 0. The number of rotatable bonds is 8. The predicted molar refractivity (Wildman–Crippen MR) is 225 cm³/mol. The molecule has 57 heavy (non-hydrogen) atoms. The number of benzene rings is 4. The summed E-state index contributed by atoms with van der Waals surface area (Å²) in [6.45, 7) is 0. The van der Waals surface area contributed by atoms with Crippen LogP contribution in [0.1, 0.15) is 22.8 Å². The van der Waals surface area contributed by atoms with Crippen LogP contribution in [0.2, 0.25) is 0 Å². The van der Waals surface area contributed by atoms with Crippen LogP contribution in [0.4, 0.5) is 0 Å².